The Morgan fingerprint density at radius 3 is 2.26 bits per heavy atom. The molecule has 0 saturated carbocycles. The first kappa shape index (κ1) is 21.7. The molecule has 0 amide bonds. The van der Waals surface area contributed by atoms with Crippen molar-refractivity contribution in [1.82, 2.24) is 9.38 Å². The molecule has 0 fully saturated rings. The van der Waals surface area contributed by atoms with Gasteiger partial charge in [-0.25, -0.2) is 13.4 Å². The SMILES string of the molecule is COc1ccc(-c2cn3cccc(C)c3n2)cc1NS(=O)(=O)c1ccc(-c2ccccc2)cc1. The molecule has 3 aromatic carbocycles. The van der Waals surface area contributed by atoms with Gasteiger partial charge in [0.15, 0.2) is 0 Å². The molecule has 34 heavy (non-hydrogen) atoms. The highest BCUT2D eigenvalue weighted by atomic mass is 32.2. The van der Waals surface area contributed by atoms with Crippen molar-refractivity contribution in [3.8, 4) is 28.1 Å². The maximum absolute atomic E-state index is 13.2. The number of aromatic nitrogens is 2. The Labute approximate surface area is 198 Å². The molecule has 6 nitrogen and oxygen atoms in total. The molecule has 0 atom stereocenters. The Morgan fingerprint density at radius 1 is 0.853 bits per heavy atom. The van der Waals surface area contributed by atoms with Crippen LogP contribution in [0.5, 0.6) is 5.75 Å². The molecule has 7 heteroatoms. The van der Waals surface area contributed by atoms with Crippen molar-refractivity contribution in [1.29, 1.82) is 0 Å². The lowest BCUT2D eigenvalue weighted by atomic mass is 10.1. The van der Waals surface area contributed by atoms with E-state index in [1.807, 2.05) is 72.2 Å². The van der Waals surface area contributed by atoms with Gasteiger partial charge in [-0.15, -0.1) is 0 Å². The summed E-state index contributed by atoms with van der Waals surface area (Å²) in [4.78, 5) is 4.89. The van der Waals surface area contributed by atoms with Crippen LogP contribution in [0.25, 0.3) is 28.0 Å². The molecule has 0 aliphatic carbocycles. The van der Waals surface area contributed by atoms with Gasteiger partial charge in [0.2, 0.25) is 0 Å². The Kier molecular flexibility index (Phi) is 5.55. The van der Waals surface area contributed by atoms with Gasteiger partial charge >= 0.3 is 0 Å². The van der Waals surface area contributed by atoms with E-state index in [-0.39, 0.29) is 4.90 Å². The van der Waals surface area contributed by atoms with E-state index in [0.717, 1.165) is 33.6 Å². The highest BCUT2D eigenvalue weighted by molar-refractivity contribution is 7.92. The molecule has 5 aromatic rings. The molecule has 0 aliphatic rings. The van der Waals surface area contributed by atoms with Gasteiger partial charge in [0.05, 0.1) is 23.4 Å². The molecule has 0 saturated heterocycles. The number of hydrogen-bond donors (Lipinski definition) is 1. The highest BCUT2D eigenvalue weighted by Gasteiger charge is 2.18. The van der Waals surface area contributed by atoms with Crippen LogP contribution < -0.4 is 9.46 Å². The smallest absolute Gasteiger partial charge is 0.262 e. The number of anilines is 1. The largest absolute Gasteiger partial charge is 0.495 e. The molecule has 170 valence electrons. The third kappa shape index (κ3) is 4.13. The van der Waals surface area contributed by atoms with Crippen LogP contribution in [-0.4, -0.2) is 24.9 Å². The van der Waals surface area contributed by atoms with Crippen LogP contribution in [0, 0.1) is 6.92 Å². The molecule has 2 heterocycles. The van der Waals surface area contributed by atoms with Crippen LogP contribution in [0.3, 0.4) is 0 Å². The van der Waals surface area contributed by atoms with Crippen molar-refractivity contribution in [2.45, 2.75) is 11.8 Å². The Balaban J connectivity index is 1.47. The number of imidazole rings is 1. The van der Waals surface area contributed by atoms with Crippen molar-refractivity contribution in [3.63, 3.8) is 0 Å². The zero-order valence-electron chi connectivity index (χ0n) is 18.8. The fourth-order valence-electron chi connectivity index (χ4n) is 3.90. The summed E-state index contributed by atoms with van der Waals surface area (Å²) in [5.41, 5.74) is 5.75. The number of methoxy groups -OCH3 is 1. The summed E-state index contributed by atoms with van der Waals surface area (Å²) in [6.07, 6.45) is 3.86. The topological polar surface area (TPSA) is 72.7 Å². The van der Waals surface area contributed by atoms with Gasteiger partial charge in [-0.05, 0) is 60.0 Å². The number of aryl methyl sites for hydroxylation is 1. The van der Waals surface area contributed by atoms with Crippen LogP contribution >= 0.6 is 0 Å². The van der Waals surface area contributed by atoms with Crippen molar-refractivity contribution in [3.05, 3.63) is 103 Å². The van der Waals surface area contributed by atoms with Crippen LogP contribution in [0.2, 0.25) is 0 Å². The van der Waals surface area contributed by atoms with Crippen LogP contribution in [0.4, 0.5) is 5.69 Å². The second-order valence-electron chi connectivity index (χ2n) is 7.96. The molecule has 0 radical (unpaired) electrons. The van der Waals surface area contributed by atoms with E-state index in [9.17, 15) is 8.42 Å². The first-order valence-corrected chi connectivity index (χ1v) is 12.2. The van der Waals surface area contributed by atoms with Gasteiger partial charge in [0, 0.05) is 18.0 Å². The van der Waals surface area contributed by atoms with Gasteiger partial charge in [-0.1, -0.05) is 48.5 Å². The van der Waals surface area contributed by atoms with Crippen LogP contribution in [0.15, 0.2) is 102 Å². The fourth-order valence-corrected chi connectivity index (χ4v) is 4.96. The predicted octanol–water partition coefficient (Wildman–Crippen LogP) is 5.79. The van der Waals surface area contributed by atoms with Crippen molar-refractivity contribution in [2.75, 3.05) is 11.8 Å². The summed E-state index contributed by atoms with van der Waals surface area (Å²) in [5, 5.41) is 0. The van der Waals surface area contributed by atoms with Gasteiger partial charge < -0.3 is 9.14 Å². The van der Waals surface area contributed by atoms with E-state index in [0.29, 0.717) is 11.4 Å². The quantitative estimate of drug-likeness (QED) is 0.342. The number of nitrogens with zero attached hydrogens (tertiary/aromatic N) is 2. The summed E-state index contributed by atoms with van der Waals surface area (Å²) in [5.74, 6) is 0.424. The van der Waals surface area contributed by atoms with E-state index in [2.05, 4.69) is 4.72 Å². The number of sulfonamides is 1. The number of ether oxygens (including phenoxy) is 1. The lowest BCUT2D eigenvalue weighted by Gasteiger charge is -2.13. The Morgan fingerprint density at radius 2 is 1.56 bits per heavy atom. The average Bonchev–Trinajstić information content (AvgIpc) is 3.30. The normalized spacial score (nSPS) is 11.5. The molecule has 0 aliphatic heterocycles. The van der Waals surface area contributed by atoms with Crippen molar-refractivity contribution >= 4 is 21.4 Å². The van der Waals surface area contributed by atoms with E-state index in [4.69, 9.17) is 9.72 Å². The molecule has 0 unspecified atom stereocenters. The van der Waals surface area contributed by atoms with E-state index in [1.54, 1.807) is 36.4 Å². The van der Waals surface area contributed by atoms with E-state index in [1.165, 1.54) is 7.11 Å². The monoisotopic (exact) mass is 469 g/mol. The summed E-state index contributed by atoms with van der Waals surface area (Å²) < 4.78 is 36.4. The first-order valence-electron chi connectivity index (χ1n) is 10.8. The third-order valence-corrected chi connectivity index (χ3v) is 7.07. The lowest BCUT2D eigenvalue weighted by molar-refractivity contribution is 0.417. The number of pyridine rings is 1. The maximum Gasteiger partial charge on any atom is 0.262 e. The molecular formula is C27H23N3O3S. The molecular weight excluding hydrogens is 446 g/mol. The molecule has 0 bridgehead atoms. The number of nitrogens with one attached hydrogen (secondary N) is 1. The molecule has 2 aromatic heterocycles. The minimum atomic E-state index is -3.83. The zero-order chi connectivity index (χ0) is 23.7. The number of benzene rings is 3. The molecule has 5 rings (SSSR count). The molecule has 0 spiro atoms. The van der Waals surface area contributed by atoms with Crippen LogP contribution in [0.1, 0.15) is 5.56 Å². The summed E-state index contributed by atoms with van der Waals surface area (Å²) in [6.45, 7) is 2.00. The second kappa shape index (κ2) is 8.68. The van der Waals surface area contributed by atoms with E-state index < -0.39 is 10.0 Å². The number of hydrogen-bond acceptors (Lipinski definition) is 4. The van der Waals surface area contributed by atoms with Crippen molar-refractivity contribution in [2.24, 2.45) is 0 Å². The predicted molar refractivity (Wildman–Crippen MR) is 135 cm³/mol. The molecule has 1 N–H and O–H groups in total. The standard InChI is InChI=1S/C27H23N3O3S/c1-19-7-6-16-30-18-25(28-27(19)30)22-12-15-26(33-2)24(17-22)29-34(31,32)23-13-10-21(11-14-23)20-8-4-3-5-9-20/h3-18,29H,1-2H3. The van der Waals surface area contributed by atoms with Gasteiger partial charge in [0.25, 0.3) is 10.0 Å². The van der Waals surface area contributed by atoms with Gasteiger partial charge in [-0.2, -0.15) is 0 Å². The number of fused-ring (bicyclic) bond motifs is 1. The number of rotatable bonds is 6. The Hall–Kier alpha value is -4.10. The summed E-state index contributed by atoms with van der Waals surface area (Å²) in [6, 6.07) is 25.9. The summed E-state index contributed by atoms with van der Waals surface area (Å²) >= 11 is 0. The minimum Gasteiger partial charge on any atom is -0.495 e. The first-order chi connectivity index (χ1) is 16.4. The lowest BCUT2D eigenvalue weighted by Crippen LogP contribution is -2.13. The van der Waals surface area contributed by atoms with Gasteiger partial charge in [0.1, 0.15) is 11.4 Å². The minimum absolute atomic E-state index is 0.169. The second-order valence-corrected chi connectivity index (χ2v) is 9.64. The fraction of sp³-hybridized carbons (Fsp3) is 0.0741. The maximum atomic E-state index is 13.2. The summed E-state index contributed by atoms with van der Waals surface area (Å²) in [7, 11) is -2.32. The van der Waals surface area contributed by atoms with Gasteiger partial charge in [-0.3, -0.25) is 4.72 Å². The zero-order valence-corrected chi connectivity index (χ0v) is 19.6. The van der Waals surface area contributed by atoms with Crippen molar-refractivity contribution < 1.29 is 13.2 Å². The van der Waals surface area contributed by atoms with E-state index >= 15 is 0 Å². The average molecular weight is 470 g/mol. The highest BCUT2D eigenvalue weighted by Crippen LogP contribution is 2.32. The van der Waals surface area contributed by atoms with Crippen LogP contribution in [-0.2, 0) is 10.0 Å². The Bertz CT molecular complexity index is 1580. The third-order valence-electron chi connectivity index (χ3n) is 5.69.